The van der Waals surface area contributed by atoms with Crippen LogP contribution in [-0.4, -0.2) is 41.1 Å². The van der Waals surface area contributed by atoms with Crippen molar-refractivity contribution in [2.45, 2.75) is 24.8 Å². The molecule has 1 saturated heterocycles. The highest BCUT2D eigenvalue weighted by Gasteiger charge is 2.39. The minimum atomic E-state index is -4.50. The molecule has 1 amide bonds. The Morgan fingerprint density at radius 1 is 1.24 bits per heavy atom. The van der Waals surface area contributed by atoms with E-state index in [1.54, 1.807) is 0 Å². The number of thiazole rings is 1. The molecule has 1 atom stereocenters. The molecule has 2 heterocycles. The lowest BCUT2D eigenvalue weighted by molar-refractivity contribution is -0.157. The van der Waals surface area contributed by atoms with E-state index < -0.39 is 36.4 Å². The van der Waals surface area contributed by atoms with Crippen LogP contribution in [0.3, 0.4) is 0 Å². The van der Waals surface area contributed by atoms with E-state index in [2.05, 4.69) is 10.3 Å². The predicted octanol–water partition coefficient (Wildman–Crippen LogP) is 3.89. The van der Waals surface area contributed by atoms with Crippen LogP contribution in [0.2, 0.25) is 0 Å². The van der Waals surface area contributed by atoms with E-state index >= 15 is 0 Å². The van der Waals surface area contributed by atoms with Gasteiger partial charge in [-0.2, -0.15) is 26.3 Å². The van der Waals surface area contributed by atoms with Gasteiger partial charge in [-0.05, 0) is 24.6 Å². The highest BCUT2D eigenvalue weighted by molar-refractivity contribution is 7.22. The molecule has 1 aliphatic heterocycles. The van der Waals surface area contributed by atoms with Crippen LogP contribution in [0.5, 0.6) is 0 Å². The Labute approximate surface area is 141 Å². The second kappa shape index (κ2) is 6.04. The summed E-state index contributed by atoms with van der Waals surface area (Å²) in [4.78, 5) is 16.7. The molecule has 1 aromatic carbocycles. The number of alkyl halides is 6. The van der Waals surface area contributed by atoms with Crippen molar-refractivity contribution in [2.24, 2.45) is 0 Å². The number of nitrogens with zero attached hydrogens (tertiary/aromatic N) is 2. The molecule has 136 valence electrons. The Morgan fingerprint density at radius 3 is 2.60 bits per heavy atom. The fraction of sp³-hybridized carbons (Fsp3) is 0.429. The highest BCUT2D eigenvalue weighted by Crippen LogP contribution is 2.34. The van der Waals surface area contributed by atoms with Gasteiger partial charge in [0.1, 0.15) is 12.6 Å². The van der Waals surface area contributed by atoms with E-state index in [9.17, 15) is 31.1 Å². The first-order valence-electron chi connectivity index (χ1n) is 7.13. The molecule has 2 aromatic rings. The van der Waals surface area contributed by atoms with E-state index in [0.717, 1.165) is 23.5 Å². The summed E-state index contributed by atoms with van der Waals surface area (Å²) in [6.45, 7) is -1.36. The van der Waals surface area contributed by atoms with Crippen molar-refractivity contribution < 1.29 is 31.1 Å². The van der Waals surface area contributed by atoms with Gasteiger partial charge in [-0.3, -0.25) is 4.79 Å². The molecule has 25 heavy (non-hydrogen) atoms. The van der Waals surface area contributed by atoms with Gasteiger partial charge in [0.15, 0.2) is 5.13 Å². The minimum absolute atomic E-state index is 0.0425. The maximum absolute atomic E-state index is 12.7. The molecule has 1 fully saturated rings. The van der Waals surface area contributed by atoms with Crippen LogP contribution in [0.4, 0.5) is 31.5 Å². The van der Waals surface area contributed by atoms with Gasteiger partial charge in [-0.25, -0.2) is 4.98 Å². The third kappa shape index (κ3) is 3.97. The van der Waals surface area contributed by atoms with Crippen LogP contribution in [0.1, 0.15) is 12.0 Å². The molecule has 1 aromatic heterocycles. The van der Waals surface area contributed by atoms with Gasteiger partial charge in [0.25, 0.3) is 0 Å². The van der Waals surface area contributed by atoms with Gasteiger partial charge < -0.3 is 10.2 Å². The molecule has 1 unspecified atom stereocenters. The number of hydrogen-bond donors (Lipinski definition) is 1. The number of aromatic nitrogens is 1. The third-order valence-corrected chi connectivity index (χ3v) is 4.65. The number of anilines is 1. The molecule has 1 aliphatic rings. The number of carbonyl (C=O) groups is 1. The van der Waals surface area contributed by atoms with Gasteiger partial charge >= 0.3 is 12.4 Å². The number of carbonyl (C=O) groups excluding carboxylic acids is 1. The zero-order valence-corrected chi connectivity index (χ0v) is 13.2. The average molecular weight is 383 g/mol. The second-order valence-electron chi connectivity index (χ2n) is 5.56. The number of fused-ring (bicyclic) bond motifs is 1. The molecule has 0 spiro atoms. The molecule has 0 bridgehead atoms. The van der Waals surface area contributed by atoms with E-state index in [1.807, 2.05) is 0 Å². The third-order valence-electron chi connectivity index (χ3n) is 3.68. The summed E-state index contributed by atoms with van der Waals surface area (Å²) in [5, 5.41) is 2.92. The van der Waals surface area contributed by atoms with Crippen molar-refractivity contribution in [3.05, 3.63) is 23.8 Å². The van der Waals surface area contributed by atoms with Crippen LogP contribution in [0.15, 0.2) is 18.2 Å². The topological polar surface area (TPSA) is 45.2 Å². The van der Waals surface area contributed by atoms with Crippen molar-refractivity contribution in [1.82, 2.24) is 9.88 Å². The monoisotopic (exact) mass is 383 g/mol. The quantitative estimate of drug-likeness (QED) is 0.818. The van der Waals surface area contributed by atoms with Crippen LogP contribution in [0.25, 0.3) is 10.2 Å². The van der Waals surface area contributed by atoms with Crippen LogP contribution in [-0.2, 0) is 11.0 Å². The maximum Gasteiger partial charge on any atom is 0.416 e. The summed E-state index contributed by atoms with van der Waals surface area (Å²) in [6.07, 6.45) is -8.81. The van der Waals surface area contributed by atoms with E-state index in [-0.39, 0.29) is 23.6 Å². The standard InChI is InChI=1S/C14H11F6N3OS/c15-13(16,17)6-23-4-3-8(11(23)24)21-12-22-9-5-7(14(18,19)20)1-2-10(9)25-12/h1-2,5,8H,3-4,6H2,(H,21,22). The van der Waals surface area contributed by atoms with Gasteiger partial charge in [-0.15, -0.1) is 0 Å². The number of likely N-dealkylation sites (tertiary alicyclic amines) is 1. The van der Waals surface area contributed by atoms with Gasteiger partial charge in [0, 0.05) is 6.54 Å². The molecule has 11 heteroatoms. The summed E-state index contributed by atoms with van der Waals surface area (Å²) >= 11 is 1.04. The largest absolute Gasteiger partial charge is 0.416 e. The fourth-order valence-electron chi connectivity index (χ4n) is 2.56. The Balaban J connectivity index is 1.74. The van der Waals surface area contributed by atoms with Crippen molar-refractivity contribution in [2.75, 3.05) is 18.4 Å². The van der Waals surface area contributed by atoms with Crippen molar-refractivity contribution in [3.8, 4) is 0 Å². The Bertz CT molecular complexity index is 800. The summed E-state index contributed by atoms with van der Waals surface area (Å²) in [5.41, 5.74) is -0.731. The smallest absolute Gasteiger partial charge is 0.350 e. The molecule has 3 rings (SSSR count). The molecule has 1 N–H and O–H groups in total. The summed E-state index contributed by atoms with van der Waals surface area (Å²) in [5.74, 6) is -0.701. The summed E-state index contributed by atoms with van der Waals surface area (Å²) in [7, 11) is 0. The Hall–Kier alpha value is -2.04. The Morgan fingerprint density at radius 2 is 1.96 bits per heavy atom. The SMILES string of the molecule is O=C1C(Nc2nc3cc(C(F)(F)F)ccc3s2)CCN1CC(F)(F)F. The van der Waals surface area contributed by atoms with Crippen molar-refractivity contribution in [1.29, 1.82) is 0 Å². The highest BCUT2D eigenvalue weighted by atomic mass is 32.1. The van der Waals surface area contributed by atoms with Crippen LogP contribution < -0.4 is 5.32 Å². The molecule has 4 nitrogen and oxygen atoms in total. The number of halogens is 6. The number of amides is 1. The van der Waals surface area contributed by atoms with Crippen molar-refractivity contribution >= 4 is 32.6 Å². The lowest BCUT2D eigenvalue weighted by atomic mass is 10.2. The minimum Gasteiger partial charge on any atom is -0.350 e. The lowest BCUT2D eigenvalue weighted by Gasteiger charge is -2.18. The van der Waals surface area contributed by atoms with Crippen LogP contribution in [0, 0.1) is 0 Å². The van der Waals surface area contributed by atoms with E-state index in [0.29, 0.717) is 9.60 Å². The summed E-state index contributed by atoms with van der Waals surface area (Å²) in [6, 6.07) is 2.22. The van der Waals surface area contributed by atoms with E-state index in [1.165, 1.54) is 6.07 Å². The predicted molar refractivity (Wildman–Crippen MR) is 79.3 cm³/mol. The first-order valence-corrected chi connectivity index (χ1v) is 7.94. The normalized spacial score (nSPS) is 19.0. The number of rotatable bonds is 3. The zero-order chi connectivity index (χ0) is 18.4. The average Bonchev–Trinajstić information content (AvgIpc) is 3.02. The molecular formula is C14H11F6N3OS. The molecular weight excluding hydrogens is 372 g/mol. The van der Waals surface area contributed by atoms with Gasteiger partial charge in [0.2, 0.25) is 5.91 Å². The maximum atomic E-state index is 12.7. The van der Waals surface area contributed by atoms with Crippen LogP contribution >= 0.6 is 11.3 Å². The number of nitrogens with one attached hydrogen (secondary N) is 1. The first kappa shape index (κ1) is 17.8. The molecule has 0 radical (unpaired) electrons. The molecule has 0 saturated carbocycles. The second-order valence-corrected chi connectivity index (χ2v) is 6.59. The molecule has 0 aliphatic carbocycles. The van der Waals surface area contributed by atoms with Gasteiger partial charge in [0.05, 0.1) is 15.8 Å². The first-order chi connectivity index (χ1) is 11.5. The van der Waals surface area contributed by atoms with E-state index in [4.69, 9.17) is 0 Å². The zero-order valence-electron chi connectivity index (χ0n) is 12.4. The lowest BCUT2D eigenvalue weighted by Crippen LogP contribution is -2.39. The van der Waals surface area contributed by atoms with Crippen molar-refractivity contribution in [3.63, 3.8) is 0 Å². The summed E-state index contributed by atoms with van der Waals surface area (Å²) < 4.78 is 75.7. The fourth-order valence-corrected chi connectivity index (χ4v) is 3.46. The Kier molecular flexibility index (Phi) is 4.30. The van der Waals surface area contributed by atoms with Gasteiger partial charge in [-0.1, -0.05) is 11.3 Å². The number of hydrogen-bond acceptors (Lipinski definition) is 4. The number of benzene rings is 1.